The van der Waals surface area contributed by atoms with Gasteiger partial charge in [-0.3, -0.25) is 9.69 Å². The van der Waals surface area contributed by atoms with Crippen LogP contribution in [0.3, 0.4) is 0 Å². The molecule has 174 valence electrons. The van der Waals surface area contributed by atoms with Gasteiger partial charge >= 0.3 is 6.03 Å². The Morgan fingerprint density at radius 3 is 2.59 bits per heavy atom. The Bertz CT molecular complexity index is 860. The van der Waals surface area contributed by atoms with E-state index >= 15 is 0 Å². The number of hydrogen-bond donors (Lipinski definition) is 4. The van der Waals surface area contributed by atoms with Crippen LogP contribution in [-0.4, -0.2) is 39.5 Å². The van der Waals surface area contributed by atoms with Gasteiger partial charge in [-0.05, 0) is 44.4 Å². The van der Waals surface area contributed by atoms with Crippen molar-refractivity contribution in [2.45, 2.75) is 99.8 Å². The van der Waals surface area contributed by atoms with Crippen LogP contribution in [-0.2, 0) is 4.79 Å². The zero-order valence-electron chi connectivity index (χ0n) is 18.6. The molecule has 32 heavy (non-hydrogen) atoms. The largest absolute Gasteiger partial charge is 0.375 e. The Balaban J connectivity index is 1.41. The number of rotatable bonds is 3. The first kappa shape index (κ1) is 22.3. The van der Waals surface area contributed by atoms with Crippen LogP contribution in [0.1, 0.15) is 77.0 Å². The second-order valence-corrected chi connectivity index (χ2v) is 11.5. The van der Waals surface area contributed by atoms with Crippen molar-refractivity contribution < 1.29 is 9.59 Å². The van der Waals surface area contributed by atoms with Gasteiger partial charge in [0.05, 0.1) is 16.3 Å². The Hall–Kier alpha value is -1.54. The topological polar surface area (TPSA) is 73.5 Å². The van der Waals surface area contributed by atoms with Crippen molar-refractivity contribution >= 4 is 36.3 Å². The van der Waals surface area contributed by atoms with Crippen LogP contribution in [0.2, 0.25) is 0 Å². The molecule has 3 aliphatic heterocycles. The third-order valence-electron chi connectivity index (χ3n) is 7.35. The maximum absolute atomic E-state index is 13.3. The molecule has 3 amide bonds. The van der Waals surface area contributed by atoms with E-state index in [0.717, 1.165) is 49.8 Å². The molecule has 0 radical (unpaired) electrons. The number of carbonyl (C=O) groups excluding carboxylic acids is 2. The molecule has 2 aliphatic carbocycles. The van der Waals surface area contributed by atoms with E-state index in [1.807, 2.05) is 17.2 Å². The van der Waals surface area contributed by atoms with Crippen molar-refractivity contribution in [3.05, 3.63) is 34.1 Å². The molecule has 0 aromatic heterocycles. The number of nitrogens with zero attached hydrogens (tertiary/aromatic N) is 1. The predicted octanol–water partition coefficient (Wildman–Crippen LogP) is 4.53. The normalized spacial score (nSPS) is 31.3. The van der Waals surface area contributed by atoms with Crippen molar-refractivity contribution in [1.82, 2.24) is 20.9 Å². The molecule has 8 heteroatoms. The lowest BCUT2D eigenvalue weighted by atomic mass is 9.96. The maximum Gasteiger partial charge on any atom is 0.326 e. The van der Waals surface area contributed by atoms with Gasteiger partial charge in [-0.25, -0.2) is 4.79 Å². The molecule has 0 bridgehead atoms. The molecule has 3 heterocycles. The first-order chi connectivity index (χ1) is 15.6. The van der Waals surface area contributed by atoms with Crippen molar-refractivity contribution in [3.63, 3.8) is 0 Å². The summed E-state index contributed by atoms with van der Waals surface area (Å²) in [5.41, 5.74) is 2.69. The lowest BCUT2D eigenvalue weighted by molar-refractivity contribution is -0.117. The summed E-state index contributed by atoms with van der Waals surface area (Å²) in [6, 6.07) is 0.258. The minimum absolute atomic E-state index is 0.0382. The molecular formula is C24H34N4O2S2. The quantitative estimate of drug-likeness (QED) is 0.358. The molecule has 3 unspecified atom stereocenters. The summed E-state index contributed by atoms with van der Waals surface area (Å²) in [6.07, 6.45) is 17.5. The standard InChI is InChI=1S/C24H34N4O2S2/c29-22(26-15-8-4-2-1-3-5-9-15)21-20-19-18(12-13-25-23(19)32-21)28(24(30)27-20)16-10-6-7-11-17(31)14-16/h12-13,15-17,23,25,31H,1-11,14H2,(H,26,29)(H,27,30). The summed E-state index contributed by atoms with van der Waals surface area (Å²) >= 11 is 6.28. The van der Waals surface area contributed by atoms with E-state index in [2.05, 4.69) is 16.0 Å². The highest BCUT2D eigenvalue weighted by atomic mass is 32.2. The van der Waals surface area contributed by atoms with Crippen LogP contribution in [0, 0.1) is 0 Å². The average Bonchev–Trinajstić information content (AvgIpc) is 2.98. The fraction of sp³-hybridized carbons (Fsp3) is 0.667. The van der Waals surface area contributed by atoms with E-state index in [1.54, 1.807) is 0 Å². The molecule has 3 N–H and O–H groups in total. The van der Waals surface area contributed by atoms with E-state index in [-0.39, 0.29) is 29.4 Å². The van der Waals surface area contributed by atoms with Crippen molar-refractivity contribution in [2.75, 3.05) is 0 Å². The van der Waals surface area contributed by atoms with Gasteiger partial charge in [0.25, 0.3) is 5.91 Å². The fourth-order valence-electron chi connectivity index (χ4n) is 5.71. The second-order valence-electron chi connectivity index (χ2n) is 9.64. The molecule has 2 fully saturated rings. The van der Waals surface area contributed by atoms with E-state index in [9.17, 15) is 9.59 Å². The van der Waals surface area contributed by atoms with Gasteiger partial charge in [0, 0.05) is 22.9 Å². The van der Waals surface area contributed by atoms with E-state index in [1.165, 1.54) is 50.3 Å². The zero-order valence-corrected chi connectivity index (χ0v) is 20.3. The number of dihydropyridines is 1. The number of carbonyl (C=O) groups is 2. The Morgan fingerprint density at radius 2 is 1.78 bits per heavy atom. The highest BCUT2D eigenvalue weighted by Crippen LogP contribution is 2.46. The van der Waals surface area contributed by atoms with Gasteiger partial charge in [-0.15, -0.1) is 0 Å². The number of hydrogen-bond acceptors (Lipinski definition) is 5. The van der Waals surface area contributed by atoms with E-state index in [0.29, 0.717) is 15.9 Å². The zero-order chi connectivity index (χ0) is 22.1. The molecule has 3 atom stereocenters. The number of amides is 3. The number of urea groups is 1. The number of thiol groups is 1. The Kier molecular flexibility index (Phi) is 6.79. The SMILES string of the molecule is O=C(NC1CCCCCCC1)C1=C2NC(=O)N(C3CCCCC(S)C3)C3=C2C(NC=C3)S1. The molecule has 5 aliphatic rings. The molecule has 6 nitrogen and oxygen atoms in total. The molecule has 5 rings (SSSR count). The third-order valence-corrected chi connectivity index (χ3v) is 9.05. The van der Waals surface area contributed by atoms with E-state index < -0.39 is 0 Å². The monoisotopic (exact) mass is 474 g/mol. The van der Waals surface area contributed by atoms with Gasteiger partial charge in [-0.2, -0.15) is 12.6 Å². The number of nitrogens with one attached hydrogen (secondary N) is 3. The second kappa shape index (κ2) is 9.75. The molecule has 0 aromatic carbocycles. The summed E-state index contributed by atoms with van der Waals surface area (Å²) in [4.78, 5) is 29.2. The predicted molar refractivity (Wildman–Crippen MR) is 132 cm³/mol. The number of thioether (sulfide) groups is 1. The highest BCUT2D eigenvalue weighted by Gasteiger charge is 2.45. The van der Waals surface area contributed by atoms with Crippen LogP contribution in [0.4, 0.5) is 4.79 Å². The van der Waals surface area contributed by atoms with Gasteiger partial charge < -0.3 is 16.0 Å². The summed E-state index contributed by atoms with van der Waals surface area (Å²) < 4.78 is 0. The first-order valence-electron chi connectivity index (χ1n) is 12.3. The lowest BCUT2D eigenvalue weighted by Gasteiger charge is -2.39. The van der Waals surface area contributed by atoms with Crippen molar-refractivity contribution in [1.29, 1.82) is 0 Å². The third kappa shape index (κ3) is 4.45. The Labute approximate surface area is 200 Å². The van der Waals surface area contributed by atoms with Crippen LogP contribution in [0.15, 0.2) is 34.1 Å². The van der Waals surface area contributed by atoms with Gasteiger partial charge in [0.2, 0.25) is 0 Å². The maximum atomic E-state index is 13.3. The smallest absolute Gasteiger partial charge is 0.326 e. The minimum atomic E-state index is -0.116. The lowest BCUT2D eigenvalue weighted by Crippen LogP contribution is -2.51. The van der Waals surface area contributed by atoms with Crippen LogP contribution >= 0.6 is 24.4 Å². The minimum Gasteiger partial charge on any atom is -0.375 e. The molecular weight excluding hydrogens is 440 g/mol. The van der Waals surface area contributed by atoms with Gasteiger partial charge in [0.15, 0.2) is 0 Å². The van der Waals surface area contributed by atoms with Crippen LogP contribution in [0.25, 0.3) is 0 Å². The number of allylic oxidation sites excluding steroid dienone is 1. The Morgan fingerprint density at radius 1 is 1.06 bits per heavy atom. The molecule has 2 saturated carbocycles. The van der Waals surface area contributed by atoms with Crippen molar-refractivity contribution in [3.8, 4) is 0 Å². The molecule has 0 spiro atoms. The summed E-state index contributed by atoms with van der Waals surface area (Å²) in [7, 11) is 0. The van der Waals surface area contributed by atoms with Crippen LogP contribution < -0.4 is 16.0 Å². The van der Waals surface area contributed by atoms with E-state index in [4.69, 9.17) is 12.6 Å². The van der Waals surface area contributed by atoms with Gasteiger partial charge in [0.1, 0.15) is 5.37 Å². The van der Waals surface area contributed by atoms with Crippen LogP contribution in [0.5, 0.6) is 0 Å². The first-order valence-corrected chi connectivity index (χ1v) is 13.7. The highest BCUT2D eigenvalue weighted by molar-refractivity contribution is 8.05. The fourth-order valence-corrected chi connectivity index (χ4v) is 7.32. The average molecular weight is 475 g/mol. The summed E-state index contributed by atoms with van der Waals surface area (Å²) in [5.74, 6) is -0.0442. The van der Waals surface area contributed by atoms with Crippen molar-refractivity contribution in [2.24, 2.45) is 0 Å². The molecule has 0 saturated heterocycles. The molecule has 0 aromatic rings. The summed E-state index contributed by atoms with van der Waals surface area (Å²) in [6.45, 7) is 0. The van der Waals surface area contributed by atoms with Gasteiger partial charge in [-0.1, -0.05) is 56.7 Å². The summed E-state index contributed by atoms with van der Waals surface area (Å²) in [5, 5.41) is 10.1.